The van der Waals surface area contributed by atoms with Crippen LogP contribution in [0.2, 0.25) is 0 Å². The van der Waals surface area contributed by atoms with E-state index in [1.807, 2.05) is 49.4 Å². The Bertz CT molecular complexity index is 1310. The Morgan fingerprint density at radius 2 is 1.77 bits per heavy atom. The molecule has 3 aromatic carbocycles. The maximum absolute atomic E-state index is 12.8. The molecule has 31 heavy (non-hydrogen) atoms. The summed E-state index contributed by atoms with van der Waals surface area (Å²) in [5.74, 6) is 0.202. The maximum Gasteiger partial charge on any atom is 0.275 e. The second-order valence-electron chi connectivity index (χ2n) is 7.24. The smallest absolute Gasteiger partial charge is 0.275 e. The summed E-state index contributed by atoms with van der Waals surface area (Å²) in [6.07, 6.45) is 1.68. The second kappa shape index (κ2) is 8.93. The number of nitrogens with zero attached hydrogens (tertiary/aromatic N) is 2. The van der Waals surface area contributed by atoms with Crippen LogP contribution in [0.25, 0.3) is 16.5 Å². The topological polar surface area (TPSA) is 55.6 Å². The molecule has 0 spiro atoms. The van der Waals surface area contributed by atoms with Crippen molar-refractivity contribution < 1.29 is 9.53 Å². The molecule has 0 radical (unpaired) electrons. The second-order valence-corrected chi connectivity index (χ2v) is 8.49. The summed E-state index contributed by atoms with van der Waals surface area (Å²) >= 11 is 2.31. The molecule has 156 valence electrons. The number of nitrogens with one attached hydrogen (secondary N) is 1. The summed E-state index contributed by atoms with van der Waals surface area (Å²) in [4.78, 5) is 12.8. The number of ether oxygens (including phenoxy) is 1. The van der Waals surface area contributed by atoms with Gasteiger partial charge >= 0.3 is 0 Å². The van der Waals surface area contributed by atoms with Crippen LogP contribution < -0.4 is 10.2 Å². The summed E-state index contributed by atoms with van der Waals surface area (Å²) in [5.41, 5.74) is 7.29. The fourth-order valence-corrected chi connectivity index (χ4v) is 4.24. The first kappa shape index (κ1) is 21.1. The van der Waals surface area contributed by atoms with Crippen LogP contribution in [-0.4, -0.2) is 23.8 Å². The Kier molecular flexibility index (Phi) is 6.08. The van der Waals surface area contributed by atoms with Gasteiger partial charge in [-0.05, 0) is 83.6 Å². The highest BCUT2D eigenvalue weighted by Crippen LogP contribution is 2.26. The van der Waals surface area contributed by atoms with Crippen LogP contribution in [0, 0.1) is 17.4 Å². The minimum atomic E-state index is -0.315. The number of hydrogen-bond acceptors (Lipinski definition) is 3. The van der Waals surface area contributed by atoms with Crippen molar-refractivity contribution >= 4 is 45.5 Å². The molecule has 0 saturated heterocycles. The van der Waals surface area contributed by atoms with Crippen molar-refractivity contribution in [2.45, 2.75) is 13.8 Å². The Morgan fingerprint density at radius 1 is 1.03 bits per heavy atom. The molecule has 5 nitrogen and oxygen atoms in total. The number of hydrogen-bond donors (Lipinski definition) is 1. The number of methoxy groups -OCH3 is 1. The summed E-state index contributed by atoms with van der Waals surface area (Å²) < 4.78 is 8.77. The number of halogens is 1. The van der Waals surface area contributed by atoms with Crippen molar-refractivity contribution in [3.8, 4) is 11.4 Å². The van der Waals surface area contributed by atoms with Gasteiger partial charge in [-0.15, -0.1) is 0 Å². The first-order valence-corrected chi connectivity index (χ1v) is 10.9. The first-order valence-electron chi connectivity index (χ1n) is 9.83. The zero-order valence-corrected chi connectivity index (χ0v) is 19.7. The highest BCUT2D eigenvalue weighted by atomic mass is 127. The average molecular weight is 523 g/mol. The zero-order chi connectivity index (χ0) is 22.0. The van der Waals surface area contributed by atoms with E-state index in [-0.39, 0.29) is 5.91 Å². The first-order chi connectivity index (χ1) is 15.0. The Morgan fingerprint density at radius 3 is 2.48 bits per heavy atom. The highest BCUT2D eigenvalue weighted by molar-refractivity contribution is 14.1. The molecular weight excluding hydrogens is 501 g/mol. The van der Waals surface area contributed by atoms with Crippen LogP contribution in [0.1, 0.15) is 27.3 Å². The monoisotopic (exact) mass is 523 g/mol. The molecule has 0 unspecified atom stereocenters. The number of hydrazone groups is 1. The van der Waals surface area contributed by atoms with Gasteiger partial charge in [-0.25, -0.2) is 5.43 Å². The van der Waals surface area contributed by atoms with Gasteiger partial charge in [0.25, 0.3) is 5.91 Å². The van der Waals surface area contributed by atoms with E-state index in [0.717, 1.165) is 33.4 Å². The van der Waals surface area contributed by atoms with E-state index >= 15 is 0 Å². The largest absolute Gasteiger partial charge is 0.496 e. The van der Waals surface area contributed by atoms with E-state index in [0.29, 0.717) is 11.3 Å². The van der Waals surface area contributed by atoms with E-state index in [4.69, 9.17) is 4.74 Å². The molecule has 0 aliphatic carbocycles. The van der Waals surface area contributed by atoms with Gasteiger partial charge in [0.1, 0.15) is 5.75 Å². The lowest BCUT2D eigenvalue weighted by Gasteiger charge is -2.10. The number of carbonyl (C=O) groups is 1. The molecule has 0 bridgehead atoms. The van der Waals surface area contributed by atoms with Gasteiger partial charge in [0.2, 0.25) is 0 Å². The number of aromatic nitrogens is 1. The molecule has 0 aliphatic rings. The number of aryl methyl sites for hydroxylation is 1. The number of amides is 1. The third-order valence-corrected chi connectivity index (χ3v) is 5.89. The van der Waals surface area contributed by atoms with E-state index in [1.165, 1.54) is 3.57 Å². The van der Waals surface area contributed by atoms with Gasteiger partial charge in [-0.3, -0.25) is 4.79 Å². The van der Waals surface area contributed by atoms with E-state index in [1.54, 1.807) is 13.3 Å². The van der Waals surface area contributed by atoms with Crippen molar-refractivity contribution in [2.75, 3.05) is 7.11 Å². The maximum atomic E-state index is 12.8. The van der Waals surface area contributed by atoms with Gasteiger partial charge in [-0.1, -0.05) is 30.3 Å². The predicted molar refractivity (Wildman–Crippen MR) is 134 cm³/mol. The molecule has 0 saturated carbocycles. The van der Waals surface area contributed by atoms with Crippen LogP contribution in [0.4, 0.5) is 0 Å². The Hall–Kier alpha value is -3.13. The van der Waals surface area contributed by atoms with Crippen LogP contribution in [0.5, 0.6) is 5.75 Å². The highest BCUT2D eigenvalue weighted by Gasteiger charge is 2.14. The van der Waals surface area contributed by atoms with Crippen LogP contribution in [-0.2, 0) is 0 Å². The summed E-state index contributed by atoms with van der Waals surface area (Å²) in [7, 11) is 1.56. The lowest BCUT2D eigenvalue weighted by Crippen LogP contribution is -2.18. The third-order valence-electron chi connectivity index (χ3n) is 5.22. The summed E-state index contributed by atoms with van der Waals surface area (Å²) in [6, 6.07) is 21.9. The van der Waals surface area contributed by atoms with Crippen molar-refractivity contribution in [3.63, 3.8) is 0 Å². The van der Waals surface area contributed by atoms with Crippen LogP contribution >= 0.6 is 22.6 Å². The Balaban J connectivity index is 1.57. The summed E-state index contributed by atoms with van der Waals surface area (Å²) in [5, 5.41) is 6.19. The normalized spacial score (nSPS) is 11.2. The zero-order valence-electron chi connectivity index (χ0n) is 17.5. The quantitative estimate of drug-likeness (QED) is 0.210. The van der Waals surface area contributed by atoms with E-state index < -0.39 is 0 Å². The van der Waals surface area contributed by atoms with Crippen molar-refractivity contribution in [1.82, 2.24) is 9.99 Å². The van der Waals surface area contributed by atoms with E-state index in [9.17, 15) is 4.79 Å². The molecule has 1 aromatic heterocycles. The molecule has 0 atom stereocenters. The Labute approximate surface area is 194 Å². The molecule has 1 N–H and O–H groups in total. The molecule has 1 heterocycles. The molecule has 0 aliphatic heterocycles. The standard InChI is InChI=1S/C25H22IN3O2/c1-16-11-20(17(2)29(16)22-10-6-9-21(26)14-22)15-27-28-25(30)23-12-18-7-4-5-8-19(18)13-24(23)31-3/h4-15H,1-3H3,(H,28,30)/b27-15-. The minimum Gasteiger partial charge on any atom is -0.496 e. The number of fused-ring (bicyclic) bond motifs is 1. The van der Waals surface area contributed by atoms with Crippen molar-refractivity contribution in [1.29, 1.82) is 0 Å². The number of benzene rings is 3. The molecule has 0 fully saturated rings. The van der Waals surface area contributed by atoms with Gasteiger partial charge in [0.05, 0.1) is 18.9 Å². The fourth-order valence-electron chi connectivity index (χ4n) is 3.72. The molecular formula is C25H22IN3O2. The molecule has 6 heteroatoms. The minimum absolute atomic E-state index is 0.315. The van der Waals surface area contributed by atoms with Gasteiger partial charge in [0, 0.05) is 26.2 Å². The van der Waals surface area contributed by atoms with E-state index in [2.05, 4.69) is 68.9 Å². The summed E-state index contributed by atoms with van der Waals surface area (Å²) in [6.45, 7) is 4.10. The number of carbonyl (C=O) groups excluding carboxylic acids is 1. The van der Waals surface area contributed by atoms with Crippen LogP contribution in [0.3, 0.4) is 0 Å². The lowest BCUT2D eigenvalue weighted by atomic mass is 10.1. The molecule has 4 aromatic rings. The third kappa shape index (κ3) is 4.34. The predicted octanol–water partition coefficient (Wildman–Crippen LogP) is 5.62. The fraction of sp³-hybridized carbons (Fsp3) is 0.120. The van der Waals surface area contributed by atoms with Crippen molar-refractivity contribution in [3.05, 3.63) is 92.8 Å². The molecule has 4 rings (SSSR count). The van der Waals surface area contributed by atoms with Crippen LogP contribution in [0.15, 0.2) is 71.8 Å². The van der Waals surface area contributed by atoms with Crippen molar-refractivity contribution in [2.24, 2.45) is 5.10 Å². The van der Waals surface area contributed by atoms with Gasteiger partial charge < -0.3 is 9.30 Å². The van der Waals surface area contributed by atoms with Gasteiger partial charge in [-0.2, -0.15) is 5.10 Å². The van der Waals surface area contributed by atoms with Gasteiger partial charge in [0.15, 0.2) is 0 Å². The molecule has 1 amide bonds. The average Bonchev–Trinajstić information content (AvgIpc) is 3.05. The number of rotatable bonds is 5. The lowest BCUT2D eigenvalue weighted by molar-refractivity contribution is 0.0952. The SMILES string of the molecule is COc1cc2ccccc2cc1C(=O)N/N=C\c1cc(C)n(-c2cccc(I)c2)c1C.